The highest BCUT2D eigenvalue weighted by atomic mass is 16.5. The standard InChI is InChI=1S/C8H17NO2/c1-4-10-8(9)5-6-11-7(2)3/h7,9H,4-6H2,1-3H3/p+1. The van der Waals surface area contributed by atoms with E-state index in [2.05, 4.69) is 0 Å². The van der Waals surface area contributed by atoms with E-state index in [1.54, 1.807) is 0 Å². The molecule has 0 aromatic carbocycles. The van der Waals surface area contributed by atoms with Crippen molar-refractivity contribution >= 4 is 5.90 Å². The lowest BCUT2D eigenvalue weighted by Crippen LogP contribution is -2.42. The summed E-state index contributed by atoms with van der Waals surface area (Å²) in [5, 5.41) is 5.48. The van der Waals surface area contributed by atoms with Gasteiger partial charge in [0, 0.05) is 0 Å². The van der Waals surface area contributed by atoms with Crippen LogP contribution in [-0.4, -0.2) is 25.2 Å². The molecule has 0 aromatic rings. The van der Waals surface area contributed by atoms with Gasteiger partial charge in [0.15, 0.2) is 0 Å². The predicted octanol–water partition coefficient (Wildman–Crippen LogP) is -0.00440. The number of ether oxygens (including phenoxy) is 2. The molecular weight excluding hydrogens is 142 g/mol. The van der Waals surface area contributed by atoms with Crippen molar-refractivity contribution in [2.24, 2.45) is 0 Å². The first-order valence-electron chi connectivity index (χ1n) is 4.02. The Bertz CT molecular complexity index is 113. The molecule has 66 valence electrons. The Hall–Kier alpha value is -0.570. The van der Waals surface area contributed by atoms with Gasteiger partial charge in [-0.25, -0.2) is 5.41 Å². The molecule has 3 nitrogen and oxygen atoms in total. The molecule has 0 aliphatic heterocycles. The Labute approximate surface area is 68.2 Å². The van der Waals surface area contributed by atoms with E-state index in [1.807, 2.05) is 20.8 Å². The molecular formula is C8H18NO2+. The quantitative estimate of drug-likeness (QED) is 0.454. The maximum atomic E-state index is 5.48. The van der Waals surface area contributed by atoms with Crippen LogP contribution >= 0.6 is 0 Å². The zero-order valence-electron chi connectivity index (χ0n) is 7.59. The minimum absolute atomic E-state index is 0.268. The zero-order valence-corrected chi connectivity index (χ0v) is 7.59. The highest BCUT2D eigenvalue weighted by Gasteiger charge is 2.02. The molecule has 3 heteroatoms. The molecule has 0 aliphatic rings. The largest absolute Gasteiger partial charge is 0.448 e. The Morgan fingerprint density at radius 3 is 2.55 bits per heavy atom. The van der Waals surface area contributed by atoms with Gasteiger partial charge < -0.3 is 9.47 Å². The Kier molecular flexibility index (Phi) is 5.84. The lowest BCUT2D eigenvalue weighted by atomic mass is 10.4. The second kappa shape index (κ2) is 6.16. The highest BCUT2D eigenvalue weighted by molar-refractivity contribution is 5.69. The molecule has 0 radical (unpaired) electrons. The number of nitrogens with two attached hydrogens (primary N) is 1. The molecule has 0 atom stereocenters. The van der Waals surface area contributed by atoms with Gasteiger partial charge in [-0.05, 0) is 20.8 Å². The van der Waals surface area contributed by atoms with Crippen LogP contribution in [0.4, 0.5) is 0 Å². The smallest absolute Gasteiger partial charge is 0.335 e. The Balaban J connectivity index is 3.17. The van der Waals surface area contributed by atoms with Crippen LogP contribution in [0.3, 0.4) is 0 Å². The summed E-state index contributed by atoms with van der Waals surface area (Å²) in [7, 11) is 0. The Morgan fingerprint density at radius 1 is 1.45 bits per heavy atom. The van der Waals surface area contributed by atoms with Crippen LogP contribution in [0.25, 0.3) is 0 Å². The summed E-state index contributed by atoms with van der Waals surface area (Å²) in [5.74, 6) is 0.563. The minimum Gasteiger partial charge on any atom is -0.448 e. The Morgan fingerprint density at radius 2 is 2.09 bits per heavy atom. The molecule has 0 spiro atoms. The molecule has 2 N–H and O–H groups in total. The molecule has 0 amide bonds. The fourth-order valence-electron chi connectivity index (χ4n) is 0.653. The maximum absolute atomic E-state index is 5.48. The van der Waals surface area contributed by atoms with E-state index in [-0.39, 0.29) is 6.10 Å². The van der Waals surface area contributed by atoms with Crippen LogP contribution in [0.15, 0.2) is 0 Å². The minimum atomic E-state index is 0.268. The SMILES string of the molecule is CCOC(=[NH2+])CCOC(C)C. The second-order valence-electron chi connectivity index (χ2n) is 2.57. The van der Waals surface area contributed by atoms with Crippen molar-refractivity contribution in [2.75, 3.05) is 13.2 Å². The summed E-state index contributed by atoms with van der Waals surface area (Å²) >= 11 is 0. The molecule has 11 heavy (non-hydrogen) atoms. The summed E-state index contributed by atoms with van der Waals surface area (Å²) < 4.78 is 10.3. The van der Waals surface area contributed by atoms with Gasteiger partial charge in [-0.1, -0.05) is 0 Å². The average Bonchev–Trinajstić information content (AvgIpc) is 1.87. The second-order valence-corrected chi connectivity index (χ2v) is 2.57. The summed E-state index contributed by atoms with van der Waals surface area (Å²) in [6.07, 6.45) is 0.955. The summed E-state index contributed by atoms with van der Waals surface area (Å²) in [6.45, 7) is 7.18. The maximum Gasteiger partial charge on any atom is 0.335 e. The van der Waals surface area contributed by atoms with Crippen LogP contribution in [-0.2, 0) is 9.47 Å². The molecule has 0 aromatic heterocycles. The van der Waals surface area contributed by atoms with Gasteiger partial charge in [0.05, 0.1) is 25.7 Å². The van der Waals surface area contributed by atoms with Crippen molar-refractivity contribution in [1.82, 2.24) is 0 Å². The number of hydrogen-bond donors (Lipinski definition) is 1. The van der Waals surface area contributed by atoms with Gasteiger partial charge in [0.2, 0.25) is 0 Å². The number of hydrogen-bond acceptors (Lipinski definition) is 2. The highest BCUT2D eigenvalue weighted by Crippen LogP contribution is 1.90. The monoisotopic (exact) mass is 160 g/mol. The lowest BCUT2D eigenvalue weighted by Gasteiger charge is -2.05. The van der Waals surface area contributed by atoms with Crippen molar-refractivity contribution in [3.8, 4) is 0 Å². The van der Waals surface area contributed by atoms with Gasteiger partial charge in [0.1, 0.15) is 0 Å². The van der Waals surface area contributed by atoms with E-state index in [9.17, 15) is 0 Å². The normalized spacial score (nSPS) is 10.2. The van der Waals surface area contributed by atoms with Crippen LogP contribution < -0.4 is 5.41 Å². The van der Waals surface area contributed by atoms with Crippen LogP contribution in [0.1, 0.15) is 27.2 Å². The van der Waals surface area contributed by atoms with Crippen molar-refractivity contribution < 1.29 is 14.9 Å². The topological polar surface area (TPSA) is 44.0 Å². The summed E-state index contributed by atoms with van der Waals surface area (Å²) in [5.41, 5.74) is 0. The molecule has 0 bridgehead atoms. The first-order chi connectivity index (χ1) is 5.16. The third-order valence-corrected chi connectivity index (χ3v) is 1.13. The van der Waals surface area contributed by atoms with Gasteiger partial charge >= 0.3 is 5.90 Å². The van der Waals surface area contributed by atoms with E-state index in [0.717, 1.165) is 0 Å². The molecule has 0 saturated carbocycles. The van der Waals surface area contributed by atoms with Gasteiger partial charge in [-0.2, -0.15) is 0 Å². The molecule has 0 aliphatic carbocycles. The fourth-order valence-corrected chi connectivity index (χ4v) is 0.653. The molecule has 0 fully saturated rings. The summed E-state index contributed by atoms with van der Waals surface area (Å²) in [6, 6.07) is 0. The average molecular weight is 160 g/mol. The lowest BCUT2D eigenvalue weighted by molar-refractivity contribution is -0.144. The first-order valence-corrected chi connectivity index (χ1v) is 4.02. The molecule has 0 rings (SSSR count). The zero-order chi connectivity index (χ0) is 8.69. The third-order valence-electron chi connectivity index (χ3n) is 1.13. The molecule has 0 heterocycles. The van der Waals surface area contributed by atoms with Crippen LogP contribution in [0.5, 0.6) is 0 Å². The van der Waals surface area contributed by atoms with Gasteiger partial charge in [0.25, 0.3) is 0 Å². The van der Waals surface area contributed by atoms with Gasteiger partial charge in [-0.15, -0.1) is 0 Å². The summed E-state index contributed by atoms with van der Waals surface area (Å²) in [4.78, 5) is 0. The first kappa shape index (κ1) is 10.4. The van der Waals surface area contributed by atoms with E-state index in [0.29, 0.717) is 25.5 Å². The molecule has 0 saturated heterocycles. The van der Waals surface area contributed by atoms with Crippen molar-refractivity contribution in [2.45, 2.75) is 33.3 Å². The van der Waals surface area contributed by atoms with E-state index in [1.165, 1.54) is 0 Å². The van der Waals surface area contributed by atoms with Gasteiger partial charge in [-0.3, -0.25) is 0 Å². The number of rotatable bonds is 5. The van der Waals surface area contributed by atoms with Crippen molar-refractivity contribution in [3.63, 3.8) is 0 Å². The fraction of sp³-hybridized carbons (Fsp3) is 0.875. The van der Waals surface area contributed by atoms with Crippen LogP contribution in [0.2, 0.25) is 0 Å². The van der Waals surface area contributed by atoms with E-state index < -0.39 is 0 Å². The van der Waals surface area contributed by atoms with E-state index in [4.69, 9.17) is 14.9 Å². The van der Waals surface area contributed by atoms with Crippen molar-refractivity contribution in [3.05, 3.63) is 0 Å². The van der Waals surface area contributed by atoms with E-state index >= 15 is 0 Å². The predicted molar refractivity (Wildman–Crippen MR) is 44.3 cm³/mol. The third kappa shape index (κ3) is 7.33. The van der Waals surface area contributed by atoms with Crippen molar-refractivity contribution in [1.29, 1.82) is 0 Å². The van der Waals surface area contributed by atoms with Crippen LogP contribution in [0, 0.1) is 0 Å². The molecule has 0 unspecified atom stereocenters.